The topological polar surface area (TPSA) is 107 Å². The molecule has 2 aliphatic rings. The first-order chi connectivity index (χ1) is 18.1. The normalized spacial score (nSPS) is 18.4. The molecule has 0 spiro atoms. The molecule has 14 heteroatoms. The fraction of sp³-hybridized carbons (Fsp3) is 0.440. The van der Waals surface area contributed by atoms with Crippen LogP contribution in [0.3, 0.4) is 0 Å². The number of nitrogens with two attached hydrogens (primary N) is 1. The maximum Gasteiger partial charge on any atom is 0.417 e. The van der Waals surface area contributed by atoms with E-state index in [4.69, 9.17) is 5.73 Å². The summed E-state index contributed by atoms with van der Waals surface area (Å²) in [5.74, 6) is -0.995. The lowest BCUT2D eigenvalue weighted by atomic mass is 9.94. The number of aromatic nitrogens is 2. The molecule has 2 saturated carbocycles. The van der Waals surface area contributed by atoms with Crippen molar-refractivity contribution in [3.05, 3.63) is 47.7 Å². The first kappa shape index (κ1) is 27.4. The van der Waals surface area contributed by atoms with E-state index in [1.165, 1.54) is 12.1 Å². The van der Waals surface area contributed by atoms with Crippen LogP contribution in [0.25, 0.3) is 22.3 Å². The number of hydrogen-bond donors (Lipinski definition) is 2. The minimum absolute atomic E-state index is 0.0860. The number of benzene rings is 1. The summed E-state index contributed by atoms with van der Waals surface area (Å²) in [5, 5.41) is -0.0860. The van der Waals surface area contributed by atoms with Crippen molar-refractivity contribution >= 4 is 27.0 Å². The Hall–Kier alpha value is -3.13. The van der Waals surface area contributed by atoms with Gasteiger partial charge in [0.1, 0.15) is 11.2 Å². The van der Waals surface area contributed by atoms with E-state index in [2.05, 4.69) is 4.98 Å². The van der Waals surface area contributed by atoms with Gasteiger partial charge in [0.15, 0.2) is 0 Å². The van der Waals surface area contributed by atoms with Gasteiger partial charge in [-0.05, 0) is 49.4 Å². The number of pyridine rings is 1. The highest BCUT2D eigenvalue weighted by Gasteiger charge is 2.65. The SMILES string of the molecule is NC(=O)c1c(-c2ccc(S(=O)(=O)NC3(C(F)(F)F)CC3)cc2)n(C2CCCCC2)c2ncc(C(F)(F)F)cc12. The van der Waals surface area contributed by atoms with E-state index in [0.29, 0.717) is 19.0 Å². The molecule has 2 heterocycles. The molecule has 1 aromatic carbocycles. The van der Waals surface area contributed by atoms with Gasteiger partial charge < -0.3 is 10.3 Å². The van der Waals surface area contributed by atoms with Crippen molar-refractivity contribution in [1.82, 2.24) is 14.3 Å². The summed E-state index contributed by atoms with van der Waals surface area (Å²) >= 11 is 0. The van der Waals surface area contributed by atoms with E-state index in [0.717, 1.165) is 37.5 Å². The van der Waals surface area contributed by atoms with Crippen molar-refractivity contribution in [3.63, 3.8) is 0 Å². The number of halogens is 6. The van der Waals surface area contributed by atoms with Crippen molar-refractivity contribution in [1.29, 1.82) is 0 Å². The Morgan fingerprint density at radius 3 is 2.15 bits per heavy atom. The first-order valence-corrected chi connectivity index (χ1v) is 13.7. The van der Waals surface area contributed by atoms with Gasteiger partial charge in [-0.2, -0.15) is 31.1 Å². The van der Waals surface area contributed by atoms with Gasteiger partial charge in [0.25, 0.3) is 5.91 Å². The van der Waals surface area contributed by atoms with E-state index < -0.39 is 44.3 Å². The van der Waals surface area contributed by atoms with E-state index in [1.54, 1.807) is 9.29 Å². The number of nitrogens with zero attached hydrogens (tertiary/aromatic N) is 2. The monoisotopic (exact) mass is 574 g/mol. The molecule has 1 amide bonds. The molecule has 0 atom stereocenters. The Morgan fingerprint density at radius 1 is 1.03 bits per heavy atom. The van der Waals surface area contributed by atoms with Crippen molar-refractivity contribution in [2.24, 2.45) is 5.73 Å². The summed E-state index contributed by atoms with van der Waals surface area (Å²) in [7, 11) is -4.55. The molecule has 0 aliphatic heterocycles. The van der Waals surface area contributed by atoms with Gasteiger partial charge in [-0.25, -0.2) is 13.4 Å². The molecule has 0 bridgehead atoms. The van der Waals surface area contributed by atoms with Crippen LogP contribution < -0.4 is 10.5 Å². The molecular weight excluding hydrogens is 550 g/mol. The Kier molecular flexibility index (Phi) is 6.49. The standard InChI is InChI=1S/C25H24F6N4O3S/c26-24(27,28)15-12-18-19(21(32)36)20(35(22(18)33-13-15)16-4-2-1-3-5-16)14-6-8-17(9-7-14)39(37,38)34-23(10-11-23)25(29,30)31/h6-9,12-13,16,34H,1-5,10-11H2,(H2,32,36). The Bertz CT molecular complexity index is 1530. The molecule has 0 saturated heterocycles. The second-order valence-electron chi connectivity index (χ2n) is 10.1. The lowest BCUT2D eigenvalue weighted by molar-refractivity contribution is -0.160. The molecule has 3 N–H and O–H groups in total. The molecule has 7 nitrogen and oxygen atoms in total. The molecule has 39 heavy (non-hydrogen) atoms. The Morgan fingerprint density at radius 2 is 1.64 bits per heavy atom. The summed E-state index contributed by atoms with van der Waals surface area (Å²) in [6.07, 6.45) is -5.51. The molecule has 210 valence electrons. The average Bonchev–Trinajstić information content (AvgIpc) is 3.56. The van der Waals surface area contributed by atoms with E-state index in [9.17, 15) is 39.6 Å². The zero-order valence-electron chi connectivity index (χ0n) is 20.4. The van der Waals surface area contributed by atoms with Gasteiger partial charge in [0.2, 0.25) is 10.0 Å². The maximum atomic E-state index is 13.5. The Balaban J connectivity index is 1.65. The predicted octanol–water partition coefficient (Wildman–Crippen LogP) is 5.70. The zero-order chi connectivity index (χ0) is 28.4. The number of sulfonamides is 1. The largest absolute Gasteiger partial charge is 0.417 e. The van der Waals surface area contributed by atoms with Crippen LogP contribution in [-0.4, -0.2) is 35.6 Å². The van der Waals surface area contributed by atoms with E-state index in [-0.39, 0.29) is 46.7 Å². The molecule has 0 radical (unpaired) electrons. The fourth-order valence-corrected chi connectivity index (χ4v) is 6.69. The van der Waals surface area contributed by atoms with Crippen LogP contribution in [0.1, 0.15) is 66.9 Å². The maximum absolute atomic E-state index is 13.5. The first-order valence-electron chi connectivity index (χ1n) is 12.3. The minimum Gasteiger partial charge on any atom is -0.366 e. The summed E-state index contributed by atoms with van der Waals surface area (Å²) in [5.41, 5.74) is 2.49. The molecule has 2 aliphatic carbocycles. The fourth-order valence-electron chi connectivity index (χ4n) is 5.25. The summed E-state index contributed by atoms with van der Waals surface area (Å²) in [6.45, 7) is 0. The number of fused-ring (bicyclic) bond motifs is 1. The van der Waals surface area contributed by atoms with Gasteiger partial charge in [0, 0.05) is 17.6 Å². The van der Waals surface area contributed by atoms with Crippen molar-refractivity contribution in [3.8, 4) is 11.3 Å². The molecular formula is C25H24F6N4O3S. The number of nitrogens with one attached hydrogen (secondary N) is 1. The number of rotatable bonds is 6. The highest BCUT2D eigenvalue weighted by molar-refractivity contribution is 7.89. The Labute approximate surface area is 219 Å². The highest BCUT2D eigenvalue weighted by atomic mass is 32.2. The number of carbonyl (C=O) groups excluding carboxylic acids is 1. The van der Waals surface area contributed by atoms with Gasteiger partial charge in [-0.1, -0.05) is 31.4 Å². The summed E-state index contributed by atoms with van der Waals surface area (Å²) in [4.78, 5) is 16.3. The smallest absolute Gasteiger partial charge is 0.366 e. The third kappa shape index (κ3) is 4.88. The second kappa shape index (κ2) is 9.22. The van der Waals surface area contributed by atoms with Crippen molar-refractivity contribution < 1.29 is 39.6 Å². The van der Waals surface area contributed by atoms with Gasteiger partial charge in [0.05, 0.1) is 21.7 Å². The molecule has 0 unspecified atom stereocenters. The van der Waals surface area contributed by atoms with Crippen LogP contribution in [0.15, 0.2) is 41.4 Å². The summed E-state index contributed by atoms with van der Waals surface area (Å²) in [6, 6.07) is 5.39. The van der Waals surface area contributed by atoms with Gasteiger partial charge in [-0.15, -0.1) is 0 Å². The van der Waals surface area contributed by atoms with Crippen LogP contribution in [0.2, 0.25) is 0 Å². The molecule has 5 rings (SSSR count). The van der Waals surface area contributed by atoms with Crippen LogP contribution in [0.4, 0.5) is 26.3 Å². The number of alkyl halides is 6. The van der Waals surface area contributed by atoms with Crippen LogP contribution in [0, 0.1) is 0 Å². The lowest BCUT2D eigenvalue weighted by Gasteiger charge is -2.26. The van der Waals surface area contributed by atoms with Crippen LogP contribution in [0.5, 0.6) is 0 Å². The number of carbonyl (C=O) groups is 1. The molecule has 2 fully saturated rings. The number of amides is 1. The second-order valence-corrected chi connectivity index (χ2v) is 11.7. The minimum atomic E-state index is -4.75. The third-order valence-electron chi connectivity index (χ3n) is 7.42. The molecule has 3 aromatic rings. The third-order valence-corrected chi connectivity index (χ3v) is 8.97. The lowest BCUT2D eigenvalue weighted by Crippen LogP contribution is -2.47. The van der Waals surface area contributed by atoms with Crippen LogP contribution >= 0.6 is 0 Å². The van der Waals surface area contributed by atoms with E-state index >= 15 is 0 Å². The van der Waals surface area contributed by atoms with Gasteiger partial charge in [-0.3, -0.25) is 4.79 Å². The highest BCUT2D eigenvalue weighted by Crippen LogP contribution is 2.50. The average molecular weight is 575 g/mol. The number of primary amides is 1. The zero-order valence-corrected chi connectivity index (χ0v) is 21.2. The van der Waals surface area contributed by atoms with E-state index in [1.807, 2.05) is 0 Å². The van der Waals surface area contributed by atoms with Crippen molar-refractivity contribution in [2.45, 2.75) is 73.8 Å². The van der Waals surface area contributed by atoms with Gasteiger partial charge >= 0.3 is 12.4 Å². The quantitative estimate of drug-likeness (QED) is 0.369. The van der Waals surface area contributed by atoms with Crippen molar-refractivity contribution in [2.75, 3.05) is 0 Å². The number of hydrogen-bond acceptors (Lipinski definition) is 4. The predicted molar refractivity (Wildman–Crippen MR) is 129 cm³/mol. The molecule has 2 aromatic heterocycles. The van der Waals surface area contributed by atoms with Crippen LogP contribution in [-0.2, 0) is 16.2 Å². The summed E-state index contributed by atoms with van der Waals surface area (Å²) < 4.78 is 109.